The second kappa shape index (κ2) is 13.5. The van der Waals surface area contributed by atoms with Gasteiger partial charge in [0.25, 0.3) is 0 Å². The molecule has 0 unspecified atom stereocenters. The molecule has 0 aliphatic rings. The number of unbranched alkanes of at least 4 members (excludes halogenated alkanes) is 9. The highest BCUT2D eigenvalue weighted by Gasteiger charge is 2.31. The van der Waals surface area contributed by atoms with E-state index in [0.29, 0.717) is 6.42 Å². The molecule has 22 heavy (non-hydrogen) atoms. The highest BCUT2D eigenvalue weighted by atomic mass is 16.5. The fraction of sp³-hybridized carbons (Fsp3) is 0.875. The van der Waals surface area contributed by atoms with Crippen LogP contribution in [0.4, 0.5) is 0 Å². The first-order valence-corrected chi connectivity index (χ1v) is 8.26. The van der Waals surface area contributed by atoms with Gasteiger partial charge in [-0.2, -0.15) is 0 Å². The van der Waals surface area contributed by atoms with Gasteiger partial charge >= 0.3 is 11.9 Å². The highest BCUT2D eigenvalue weighted by molar-refractivity contribution is 5.84. The Balaban J connectivity index is 3.42. The van der Waals surface area contributed by atoms with Crippen molar-refractivity contribution >= 4 is 11.9 Å². The summed E-state index contributed by atoms with van der Waals surface area (Å²) < 4.78 is 4.73. The topological polar surface area (TPSA) is 104 Å². The van der Waals surface area contributed by atoms with Crippen molar-refractivity contribution in [3.63, 3.8) is 0 Å². The van der Waals surface area contributed by atoms with E-state index in [4.69, 9.17) is 14.9 Å². The first-order valence-electron chi connectivity index (χ1n) is 8.26. The minimum Gasteiger partial charge on any atom is -0.479 e. The van der Waals surface area contributed by atoms with Crippen LogP contribution in [-0.4, -0.2) is 46.1 Å². The summed E-state index contributed by atoms with van der Waals surface area (Å²) >= 11 is 0. The predicted octanol–water partition coefficient (Wildman–Crippen LogP) is 2.26. The van der Waals surface area contributed by atoms with Gasteiger partial charge in [-0.3, -0.25) is 0 Å². The van der Waals surface area contributed by atoms with Crippen molar-refractivity contribution in [2.24, 2.45) is 0 Å². The number of aliphatic carboxylic acids is 1. The van der Waals surface area contributed by atoms with E-state index in [-0.39, 0.29) is 6.61 Å². The Morgan fingerprint density at radius 2 is 1.27 bits per heavy atom. The van der Waals surface area contributed by atoms with Crippen LogP contribution in [0.15, 0.2) is 0 Å². The van der Waals surface area contributed by atoms with E-state index < -0.39 is 24.1 Å². The number of ether oxygens (including phenoxy) is 1. The molecule has 3 N–H and O–H groups in total. The number of esters is 1. The van der Waals surface area contributed by atoms with E-state index in [1.807, 2.05) is 0 Å². The molecule has 0 aromatic heterocycles. The summed E-state index contributed by atoms with van der Waals surface area (Å²) in [5, 5.41) is 26.6. The molecule has 0 aromatic carbocycles. The Kier molecular flexibility index (Phi) is 12.8. The zero-order valence-corrected chi connectivity index (χ0v) is 13.5. The number of carbonyl (C=O) groups excluding carboxylic acids is 1. The Labute approximate surface area is 132 Å². The molecule has 0 heterocycles. The van der Waals surface area contributed by atoms with Crippen LogP contribution in [0.3, 0.4) is 0 Å². The van der Waals surface area contributed by atoms with Crippen LogP contribution in [0.5, 0.6) is 0 Å². The minimum atomic E-state index is -2.14. The molecule has 0 aliphatic carbocycles. The van der Waals surface area contributed by atoms with Crippen molar-refractivity contribution in [2.75, 3.05) is 6.61 Å². The summed E-state index contributed by atoms with van der Waals surface area (Å²) in [4.78, 5) is 21.6. The Bertz CT molecular complexity index is 305. The SMILES string of the molecule is CCCCCCCCCCCCOC(=O)[C@H](O)[C@@H](O)C(=O)O. The van der Waals surface area contributed by atoms with E-state index in [2.05, 4.69) is 6.92 Å². The lowest BCUT2D eigenvalue weighted by Gasteiger charge is -2.13. The number of rotatable bonds is 14. The number of carbonyl (C=O) groups is 2. The minimum absolute atomic E-state index is 0.138. The number of carboxylic acid groups (broad SMARTS) is 1. The molecular weight excluding hydrogens is 288 g/mol. The number of aliphatic hydroxyl groups excluding tert-OH is 2. The van der Waals surface area contributed by atoms with Crippen molar-refractivity contribution in [1.29, 1.82) is 0 Å². The summed E-state index contributed by atoms with van der Waals surface area (Å²) in [5.74, 6) is -2.74. The van der Waals surface area contributed by atoms with Gasteiger partial charge in [0, 0.05) is 0 Å². The van der Waals surface area contributed by atoms with Crippen LogP contribution in [0.2, 0.25) is 0 Å². The number of hydrogen-bond acceptors (Lipinski definition) is 5. The third-order valence-electron chi connectivity index (χ3n) is 3.54. The van der Waals surface area contributed by atoms with Crippen LogP contribution in [0.1, 0.15) is 71.1 Å². The summed E-state index contributed by atoms with van der Waals surface area (Å²) in [6.07, 6.45) is 7.38. The summed E-state index contributed by atoms with van der Waals surface area (Å²) in [6.45, 7) is 2.34. The molecule has 0 saturated heterocycles. The largest absolute Gasteiger partial charge is 0.479 e. The van der Waals surface area contributed by atoms with E-state index in [9.17, 15) is 14.7 Å². The lowest BCUT2D eigenvalue weighted by Crippen LogP contribution is -2.40. The van der Waals surface area contributed by atoms with Gasteiger partial charge in [0.2, 0.25) is 0 Å². The summed E-state index contributed by atoms with van der Waals surface area (Å²) in [6, 6.07) is 0. The van der Waals surface area contributed by atoms with Crippen LogP contribution >= 0.6 is 0 Å². The van der Waals surface area contributed by atoms with Gasteiger partial charge in [-0.15, -0.1) is 0 Å². The lowest BCUT2D eigenvalue weighted by atomic mass is 10.1. The monoisotopic (exact) mass is 318 g/mol. The molecule has 0 saturated carbocycles. The van der Waals surface area contributed by atoms with E-state index in [1.165, 1.54) is 44.9 Å². The smallest absolute Gasteiger partial charge is 0.338 e. The quantitative estimate of drug-likeness (QED) is 0.335. The second-order valence-electron chi connectivity index (χ2n) is 5.58. The molecule has 0 amide bonds. The molecule has 6 nitrogen and oxygen atoms in total. The molecule has 6 heteroatoms. The first kappa shape index (κ1) is 20.9. The van der Waals surface area contributed by atoms with E-state index >= 15 is 0 Å². The van der Waals surface area contributed by atoms with Crippen LogP contribution in [0.25, 0.3) is 0 Å². The number of aliphatic hydroxyl groups is 2. The molecule has 0 spiro atoms. The molecule has 0 fully saturated rings. The Morgan fingerprint density at radius 3 is 1.73 bits per heavy atom. The third-order valence-corrected chi connectivity index (χ3v) is 3.54. The Hall–Kier alpha value is -1.14. The van der Waals surface area contributed by atoms with Crippen LogP contribution < -0.4 is 0 Å². The molecule has 0 radical (unpaired) electrons. The fourth-order valence-corrected chi connectivity index (χ4v) is 2.11. The zero-order chi connectivity index (χ0) is 16.8. The van der Waals surface area contributed by atoms with E-state index in [1.54, 1.807) is 0 Å². The Morgan fingerprint density at radius 1 is 0.818 bits per heavy atom. The standard InChI is InChI=1S/C16H30O6/c1-2-3-4-5-6-7-8-9-10-11-12-22-16(21)14(18)13(17)15(19)20/h13-14,17-18H,2-12H2,1H3,(H,19,20)/t13-,14-/m1/s1. The van der Waals surface area contributed by atoms with Crippen molar-refractivity contribution in [2.45, 2.75) is 83.3 Å². The molecule has 0 aromatic rings. The molecular formula is C16H30O6. The highest BCUT2D eigenvalue weighted by Crippen LogP contribution is 2.10. The molecule has 130 valence electrons. The fourth-order valence-electron chi connectivity index (χ4n) is 2.11. The van der Waals surface area contributed by atoms with E-state index in [0.717, 1.165) is 12.8 Å². The van der Waals surface area contributed by atoms with Gasteiger partial charge in [-0.25, -0.2) is 9.59 Å². The summed E-state index contributed by atoms with van der Waals surface area (Å²) in [7, 11) is 0. The van der Waals surface area contributed by atoms with Crippen molar-refractivity contribution < 1.29 is 29.6 Å². The molecule has 2 atom stereocenters. The van der Waals surface area contributed by atoms with Crippen LogP contribution in [0, 0.1) is 0 Å². The van der Waals surface area contributed by atoms with Gasteiger partial charge < -0.3 is 20.1 Å². The lowest BCUT2D eigenvalue weighted by molar-refractivity contribution is -0.169. The maximum absolute atomic E-state index is 11.3. The van der Waals surface area contributed by atoms with Gasteiger partial charge in [0.1, 0.15) is 0 Å². The average molecular weight is 318 g/mol. The third kappa shape index (κ3) is 10.6. The number of carboxylic acids is 1. The maximum atomic E-state index is 11.3. The second-order valence-corrected chi connectivity index (χ2v) is 5.58. The van der Waals surface area contributed by atoms with Gasteiger partial charge in [-0.05, 0) is 6.42 Å². The normalized spacial score (nSPS) is 13.6. The van der Waals surface area contributed by atoms with Gasteiger partial charge in [-0.1, -0.05) is 64.7 Å². The molecule has 0 bridgehead atoms. The molecule has 0 rings (SSSR count). The van der Waals surface area contributed by atoms with Crippen molar-refractivity contribution in [1.82, 2.24) is 0 Å². The number of hydrogen-bond donors (Lipinski definition) is 3. The average Bonchev–Trinajstić information content (AvgIpc) is 2.50. The van der Waals surface area contributed by atoms with Crippen LogP contribution in [-0.2, 0) is 14.3 Å². The predicted molar refractivity (Wildman–Crippen MR) is 82.5 cm³/mol. The zero-order valence-electron chi connectivity index (χ0n) is 13.5. The van der Waals surface area contributed by atoms with Crippen molar-refractivity contribution in [3.8, 4) is 0 Å². The van der Waals surface area contributed by atoms with Crippen molar-refractivity contribution in [3.05, 3.63) is 0 Å². The van der Waals surface area contributed by atoms with Gasteiger partial charge in [0.15, 0.2) is 12.2 Å². The maximum Gasteiger partial charge on any atom is 0.338 e. The molecule has 0 aliphatic heterocycles. The first-order chi connectivity index (χ1) is 10.5. The summed E-state index contributed by atoms with van der Waals surface area (Å²) in [5.41, 5.74) is 0. The van der Waals surface area contributed by atoms with Gasteiger partial charge in [0.05, 0.1) is 6.61 Å².